The lowest BCUT2D eigenvalue weighted by molar-refractivity contribution is 1.11. The highest BCUT2D eigenvalue weighted by molar-refractivity contribution is 9.10. The third-order valence-electron chi connectivity index (χ3n) is 2.84. The van der Waals surface area contributed by atoms with E-state index in [9.17, 15) is 0 Å². The number of rotatable bonds is 3. The monoisotopic (exact) mass is 313 g/mol. The average Bonchev–Trinajstić information content (AvgIpc) is 2.46. The minimum atomic E-state index is 0.736. The van der Waals surface area contributed by atoms with E-state index in [1.54, 1.807) is 6.20 Å². The minimum Gasteiger partial charge on any atom is -0.365 e. The molecule has 3 rings (SSSR count). The quantitative estimate of drug-likeness (QED) is 0.794. The summed E-state index contributed by atoms with van der Waals surface area (Å²) in [5.74, 6) is 0.793. The minimum absolute atomic E-state index is 0.736. The molecule has 0 aliphatic rings. The Bertz CT molecular complexity index is 695. The van der Waals surface area contributed by atoms with E-state index < -0.39 is 0 Å². The third-order valence-corrected chi connectivity index (χ3v) is 3.36. The molecule has 0 saturated heterocycles. The molecule has 19 heavy (non-hydrogen) atoms. The zero-order valence-electron chi connectivity index (χ0n) is 10.2. The summed E-state index contributed by atoms with van der Waals surface area (Å²) in [5, 5.41) is 3.28. The van der Waals surface area contributed by atoms with E-state index in [-0.39, 0.29) is 0 Å². The maximum absolute atomic E-state index is 4.52. The second kappa shape index (κ2) is 5.36. The van der Waals surface area contributed by atoms with E-state index in [1.807, 2.05) is 36.4 Å². The van der Waals surface area contributed by atoms with Crippen molar-refractivity contribution >= 4 is 32.8 Å². The number of anilines is 1. The molecule has 2 aromatic carbocycles. The number of nitrogens with one attached hydrogen (secondary N) is 1. The van der Waals surface area contributed by atoms with Crippen molar-refractivity contribution in [1.29, 1.82) is 0 Å². The Hall–Kier alpha value is -1.94. The van der Waals surface area contributed by atoms with Gasteiger partial charge in [-0.25, -0.2) is 4.98 Å². The van der Waals surface area contributed by atoms with Crippen LogP contribution in [0, 0.1) is 0 Å². The van der Waals surface area contributed by atoms with Crippen LogP contribution >= 0.6 is 15.9 Å². The third kappa shape index (κ3) is 2.90. The Morgan fingerprint density at radius 3 is 2.47 bits per heavy atom. The molecular formula is C15H12BrN3. The molecule has 0 radical (unpaired) electrons. The van der Waals surface area contributed by atoms with Crippen molar-refractivity contribution in [2.75, 3.05) is 5.32 Å². The fourth-order valence-corrected chi connectivity index (χ4v) is 2.10. The summed E-state index contributed by atoms with van der Waals surface area (Å²) in [5.41, 5.74) is 3.03. The van der Waals surface area contributed by atoms with Crippen molar-refractivity contribution in [2.24, 2.45) is 0 Å². The van der Waals surface area contributed by atoms with Gasteiger partial charge in [0.15, 0.2) is 0 Å². The van der Waals surface area contributed by atoms with Crippen molar-refractivity contribution in [3.05, 3.63) is 64.8 Å². The Labute approximate surface area is 119 Å². The predicted molar refractivity (Wildman–Crippen MR) is 81.0 cm³/mol. The topological polar surface area (TPSA) is 37.8 Å². The van der Waals surface area contributed by atoms with Crippen LogP contribution in [0.1, 0.15) is 5.56 Å². The SMILES string of the molecule is Brc1ccc(CNc2cnc3ccccc3n2)cc1. The molecule has 0 bridgehead atoms. The molecule has 1 N–H and O–H groups in total. The molecule has 4 heteroatoms. The number of aromatic nitrogens is 2. The molecule has 0 aliphatic carbocycles. The zero-order valence-corrected chi connectivity index (χ0v) is 11.8. The largest absolute Gasteiger partial charge is 0.365 e. The molecule has 0 saturated carbocycles. The van der Waals surface area contributed by atoms with E-state index in [2.05, 4.69) is 43.3 Å². The number of benzene rings is 2. The Morgan fingerprint density at radius 1 is 0.947 bits per heavy atom. The highest BCUT2D eigenvalue weighted by Crippen LogP contribution is 2.14. The molecule has 1 heterocycles. The Morgan fingerprint density at radius 2 is 1.68 bits per heavy atom. The molecule has 3 nitrogen and oxygen atoms in total. The van der Waals surface area contributed by atoms with Crippen molar-refractivity contribution in [3.63, 3.8) is 0 Å². The molecular weight excluding hydrogens is 302 g/mol. The fourth-order valence-electron chi connectivity index (χ4n) is 1.84. The first-order valence-corrected chi connectivity index (χ1v) is 6.81. The summed E-state index contributed by atoms with van der Waals surface area (Å²) < 4.78 is 1.08. The highest BCUT2D eigenvalue weighted by atomic mass is 79.9. The van der Waals surface area contributed by atoms with Crippen LogP contribution in [0.15, 0.2) is 59.2 Å². The predicted octanol–water partition coefficient (Wildman–Crippen LogP) is 4.00. The first-order valence-electron chi connectivity index (χ1n) is 6.01. The van der Waals surface area contributed by atoms with Gasteiger partial charge in [-0.1, -0.05) is 40.2 Å². The van der Waals surface area contributed by atoms with Gasteiger partial charge >= 0.3 is 0 Å². The molecule has 3 aromatic rings. The molecule has 0 aliphatic heterocycles. The van der Waals surface area contributed by atoms with Crippen molar-refractivity contribution in [1.82, 2.24) is 9.97 Å². The van der Waals surface area contributed by atoms with Crippen LogP contribution < -0.4 is 5.32 Å². The van der Waals surface area contributed by atoms with Gasteiger partial charge < -0.3 is 5.32 Å². The number of fused-ring (bicyclic) bond motifs is 1. The van der Waals surface area contributed by atoms with Crippen LogP contribution in [0.4, 0.5) is 5.82 Å². The van der Waals surface area contributed by atoms with Gasteiger partial charge in [-0.15, -0.1) is 0 Å². The molecule has 0 atom stereocenters. The summed E-state index contributed by atoms with van der Waals surface area (Å²) in [4.78, 5) is 8.90. The van der Waals surface area contributed by atoms with E-state index in [0.29, 0.717) is 0 Å². The molecule has 94 valence electrons. The fraction of sp³-hybridized carbons (Fsp3) is 0.0667. The maximum Gasteiger partial charge on any atom is 0.145 e. The van der Waals surface area contributed by atoms with Crippen molar-refractivity contribution in [3.8, 4) is 0 Å². The van der Waals surface area contributed by atoms with Gasteiger partial charge in [0, 0.05) is 11.0 Å². The second-order valence-corrected chi connectivity index (χ2v) is 5.14. The van der Waals surface area contributed by atoms with Crippen molar-refractivity contribution < 1.29 is 0 Å². The molecule has 1 aromatic heterocycles. The lowest BCUT2D eigenvalue weighted by Crippen LogP contribution is -2.01. The number of hydrogen-bond acceptors (Lipinski definition) is 3. The smallest absolute Gasteiger partial charge is 0.145 e. The van der Waals surface area contributed by atoms with Gasteiger partial charge in [0.2, 0.25) is 0 Å². The summed E-state index contributed by atoms with van der Waals surface area (Å²) in [6, 6.07) is 16.1. The van der Waals surface area contributed by atoms with Crippen LogP contribution in [-0.4, -0.2) is 9.97 Å². The van der Waals surface area contributed by atoms with Gasteiger partial charge in [0.05, 0.1) is 17.2 Å². The summed E-state index contributed by atoms with van der Waals surface area (Å²) in [6.45, 7) is 0.736. The van der Waals surface area contributed by atoms with Gasteiger partial charge in [-0.05, 0) is 29.8 Å². The maximum atomic E-state index is 4.52. The van der Waals surface area contributed by atoms with Gasteiger partial charge in [-0.3, -0.25) is 4.98 Å². The first kappa shape index (κ1) is 12.1. The first-order chi connectivity index (χ1) is 9.31. The second-order valence-electron chi connectivity index (χ2n) is 4.22. The van der Waals surface area contributed by atoms with E-state index in [1.165, 1.54) is 5.56 Å². The lowest BCUT2D eigenvalue weighted by atomic mass is 10.2. The van der Waals surface area contributed by atoms with Crippen LogP contribution in [0.3, 0.4) is 0 Å². The number of hydrogen-bond donors (Lipinski definition) is 1. The lowest BCUT2D eigenvalue weighted by Gasteiger charge is -2.06. The number of halogens is 1. The average molecular weight is 314 g/mol. The van der Waals surface area contributed by atoms with Crippen LogP contribution in [0.25, 0.3) is 11.0 Å². The van der Waals surface area contributed by atoms with Gasteiger partial charge in [0.1, 0.15) is 5.82 Å². The van der Waals surface area contributed by atoms with Gasteiger partial charge in [-0.2, -0.15) is 0 Å². The van der Waals surface area contributed by atoms with Crippen molar-refractivity contribution in [2.45, 2.75) is 6.54 Å². The molecule has 0 unspecified atom stereocenters. The number of nitrogens with zero attached hydrogens (tertiary/aromatic N) is 2. The standard InChI is InChI=1S/C15H12BrN3/c16-12-7-5-11(6-8-12)9-18-15-10-17-13-3-1-2-4-14(13)19-15/h1-8,10H,9H2,(H,18,19). The van der Waals surface area contributed by atoms with Crippen LogP contribution in [0.2, 0.25) is 0 Å². The molecule has 0 amide bonds. The van der Waals surface area contributed by atoms with E-state index >= 15 is 0 Å². The zero-order chi connectivity index (χ0) is 13.1. The molecule has 0 spiro atoms. The van der Waals surface area contributed by atoms with Crippen LogP contribution in [0.5, 0.6) is 0 Å². The normalized spacial score (nSPS) is 10.6. The highest BCUT2D eigenvalue weighted by Gasteiger charge is 1.99. The van der Waals surface area contributed by atoms with E-state index in [4.69, 9.17) is 0 Å². The Kier molecular flexibility index (Phi) is 3.42. The summed E-state index contributed by atoms with van der Waals surface area (Å²) in [6.07, 6.45) is 1.77. The summed E-state index contributed by atoms with van der Waals surface area (Å²) in [7, 11) is 0. The summed E-state index contributed by atoms with van der Waals surface area (Å²) >= 11 is 3.43. The Balaban J connectivity index is 1.76. The number of para-hydroxylation sites is 2. The molecule has 0 fully saturated rings. The van der Waals surface area contributed by atoms with Crippen LogP contribution in [-0.2, 0) is 6.54 Å². The van der Waals surface area contributed by atoms with Gasteiger partial charge in [0.25, 0.3) is 0 Å². The van der Waals surface area contributed by atoms with E-state index in [0.717, 1.165) is 27.9 Å².